The first-order valence-electron chi connectivity index (χ1n) is 6.39. The molecule has 0 atom stereocenters. The van der Waals surface area contributed by atoms with Gasteiger partial charge in [0.1, 0.15) is 0 Å². The fourth-order valence-corrected chi connectivity index (χ4v) is 2.27. The van der Waals surface area contributed by atoms with E-state index in [1.54, 1.807) is 19.1 Å². The number of nitrogens with zero attached hydrogens (tertiary/aromatic N) is 1. The number of amides is 2. The van der Waals surface area contributed by atoms with Gasteiger partial charge in [0.2, 0.25) is 0 Å². The molecule has 2 aromatic carbocycles. The summed E-state index contributed by atoms with van der Waals surface area (Å²) in [5.74, 6) is -0.526. The van der Waals surface area contributed by atoms with Crippen LogP contribution in [0.15, 0.2) is 66.2 Å². The summed E-state index contributed by atoms with van der Waals surface area (Å²) in [6.07, 6.45) is 1.37. The lowest BCUT2D eigenvalue weighted by atomic mass is 10.1. The number of carbonyl (C=O) groups excluding carboxylic acids is 2. The second kappa shape index (κ2) is 4.78. The zero-order chi connectivity index (χ0) is 14.1. The van der Waals surface area contributed by atoms with Crippen LogP contribution in [0.25, 0.3) is 11.1 Å². The molecule has 2 amide bonds. The van der Waals surface area contributed by atoms with Crippen LogP contribution in [0.2, 0.25) is 0 Å². The molecule has 1 aliphatic rings. The molecule has 0 saturated carbocycles. The lowest BCUT2D eigenvalue weighted by molar-refractivity contribution is -0.120. The van der Waals surface area contributed by atoms with Gasteiger partial charge in [0.25, 0.3) is 11.8 Å². The van der Waals surface area contributed by atoms with Crippen LogP contribution in [0, 0.1) is 0 Å². The summed E-state index contributed by atoms with van der Waals surface area (Å²) < 4.78 is 0. The standard InChI is InChI=1S/C17H13NO2/c1-12-11-16(19)18(17(12)20)15-9-7-14(8-10-15)13-5-3-2-4-6-13/h2-11H,1H3. The Morgan fingerprint density at radius 3 is 1.95 bits per heavy atom. The number of hydrogen-bond acceptors (Lipinski definition) is 2. The van der Waals surface area contributed by atoms with Crippen LogP contribution in [-0.4, -0.2) is 11.8 Å². The molecule has 0 bridgehead atoms. The third kappa shape index (κ3) is 2.03. The molecule has 3 nitrogen and oxygen atoms in total. The molecule has 0 fully saturated rings. The van der Waals surface area contributed by atoms with Crippen molar-refractivity contribution in [2.24, 2.45) is 0 Å². The van der Waals surface area contributed by atoms with Gasteiger partial charge >= 0.3 is 0 Å². The van der Waals surface area contributed by atoms with Gasteiger partial charge in [-0.05, 0) is 30.2 Å². The van der Waals surface area contributed by atoms with Gasteiger partial charge in [0.15, 0.2) is 0 Å². The molecule has 98 valence electrons. The number of rotatable bonds is 2. The van der Waals surface area contributed by atoms with Gasteiger partial charge in [0.05, 0.1) is 5.69 Å². The first kappa shape index (κ1) is 12.4. The van der Waals surface area contributed by atoms with Crippen LogP contribution in [0.4, 0.5) is 5.69 Å². The van der Waals surface area contributed by atoms with Gasteiger partial charge in [-0.1, -0.05) is 42.5 Å². The van der Waals surface area contributed by atoms with Crippen molar-refractivity contribution in [3.8, 4) is 11.1 Å². The Balaban J connectivity index is 1.92. The van der Waals surface area contributed by atoms with Crippen molar-refractivity contribution >= 4 is 17.5 Å². The average molecular weight is 263 g/mol. The Hall–Kier alpha value is -2.68. The van der Waals surface area contributed by atoms with Crippen molar-refractivity contribution in [2.75, 3.05) is 4.90 Å². The summed E-state index contributed by atoms with van der Waals surface area (Å²) in [6.45, 7) is 1.65. The molecule has 0 N–H and O–H groups in total. The molecular weight excluding hydrogens is 250 g/mol. The Bertz CT molecular complexity index is 700. The fourth-order valence-electron chi connectivity index (χ4n) is 2.27. The van der Waals surface area contributed by atoms with E-state index < -0.39 is 0 Å². The minimum absolute atomic E-state index is 0.248. The Morgan fingerprint density at radius 1 is 0.800 bits per heavy atom. The number of benzene rings is 2. The maximum Gasteiger partial charge on any atom is 0.261 e. The SMILES string of the molecule is CC1=CC(=O)N(c2ccc(-c3ccccc3)cc2)C1=O. The lowest BCUT2D eigenvalue weighted by Crippen LogP contribution is -2.30. The smallest absolute Gasteiger partial charge is 0.261 e. The highest BCUT2D eigenvalue weighted by molar-refractivity contribution is 6.30. The third-order valence-electron chi connectivity index (χ3n) is 3.33. The minimum Gasteiger partial charge on any atom is -0.269 e. The molecule has 1 heterocycles. The topological polar surface area (TPSA) is 37.4 Å². The Labute approximate surface area is 117 Å². The second-order valence-electron chi connectivity index (χ2n) is 4.72. The number of carbonyl (C=O) groups is 2. The average Bonchev–Trinajstić information content (AvgIpc) is 2.73. The Kier molecular flexibility index (Phi) is 2.95. The molecule has 0 aliphatic carbocycles. The van der Waals surface area contributed by atoms with E-state index in [-0.39, 0.29) is 11.8 Å². The zero-order valence-corrected chi connectivity index (χ0v) is 11.0. The van der Waals surface area contributed by atoms with Gasteiger partial charge in [-0.15, -0.1) is 0 Å². The maximum absolute atomic E-state index is 11.9. The van der Waals surface area contributed by atoms with Crippen LogP contribution < -0.4 is 4.90 Å². The van der Waals surface area contributed by atoms with E-state index in [2.05, 4.69) is 0 Å². The van der Waals surface area contributed by atoms with E-state index >= 15 is 0 Å². The van der Waals surface area contributed by atoms with Gasteiger partial charge in [-0.3, -0.25) is 9.59 Å². The van der Waals surface area contributed by atoms with Gasteiger partial charge in [-0.25, -0.2) is 4.90 Å². The van der Waals surface area contributed by atoms with Gasteiger partial charge in [0, 0.05) is 11.6 Å². The van der Waals surface area contributed by atoms with Crippen LogP contribution in [0.3, 0.4) is 0 Å². The summed E-state index contributed by atoms with van der Waals surface area (Å²) in [4.78, 5) is 24.9. The van der Waals surface area contributed by atoms with E-state index in [1.165, 1.54) is 11.0 Å². The van der Waals surface area contributed by atoms with E-state index in [0.717, 1.165) is 11.1 Å². The zero-order valence-electron chi connectivity index (χ0n) is 11.0. The predicted octanol–water partition coefficient (Wildman–Crippen LogP) is 3.17. The highest BCUT2D eigenvalue weighted by Crippen LogP contribution is 2.26. The largest absolute Gasteiger partial charge is 0.269 e. The van der Waals surface area contributed by atoms with E-state index in [0.29, 0.717) is 11.3 Å². The highest BCUT2D eigenvalue weighted by Gasteiger charge is 2.29. The normalized spacial score (nSPS) is 14.7. The minimum atomic E-state index is -0.278. The molecule has 2 aromatic rings. The first-order chi connectivity index (χ1) is 9.66. The molecule has 0 unspecified atom stereocenters. The van der Waals surface area contributed by atoms with Crippen molar-refractivity contribution in [2.45, 2.75) is 6.92 Å². The van der Waals surface area contributed by atoms with Crippen LogP contribution in [-0.2, 0) is 9.59 Å². The summed E-state index contributed by atoms with van der Waals surface area (Å²) in [7, 11) is 0. The fraction of sp³-hybridized carbons (Fsp3) is 0.0588. The number of anilines is 1. The van der Waals surface area contributed by atoms with Gasteiger partial charge in [-0.2, -0.15) is 0 Å². The summed E-state index contributed by atoms with van der Waals surface area (Å²) in [6, 6.07) is 17.4. The van der Waals surface area contributed by atoms with E-state index in [4.69, 9.17) is 0 Å². The molecule has 3 heteroatoms. The molecule has 0 aromatic heterocycles. The maximum atomic E-state index is 11.9. The van der Waals surface area contributed by atoms with Gasteiger partial charge < -0.3 is 0 Å². The predicted molar refractivity (Wildman–Crippen MR) is 78.1 cm³/mol. The number of imide groups is 1. The van der Waals surface area contributed by atoms with Crippen molar-refractivity contribution in [1.29, 1.82) is 0 Å². The molecule has 0 radical (unpaired) electrons. The molecular formula is C17H13NO2. The van der Waals surface area contributed by atoms with E-state index in [1.807, 2.05) is 42.5 Å². The summed E-state index contributed by atoms with van der Waals surface area (Å²) in [5.41, 5.74) is 3.24. The van der Waals surface area contributed by atoms with Crippen molar-refractivity contribution in [3.63, 3.8) is 0 Å². The molecule has 0 spiro atoms. The van der Waals surface area contributed by atoms with Crippen LogP contribution in [0.1, 0.15) is 6.92 Å². The lowest BCUT2D eigenvalue weighted by Gasteiger charge is -2.14. The molecule has 0 saturated heterocycles. The van der Waals surface area contributed by atoms with Crippen LogP contribution >= 0.6 is 0 Å². The summed E-state index contributed by atoms with van der Waals surface area (Å²) >= 11 is 0. The molecule has 3 rings (SSSR count). The van der Waals surface area contributed by atoms with Crippen molar-refractivity contribution in [3.05, 3.63) is 66.2 Å². The first-order valence-corrected chi connectivity index (χ1v) is 6.39. The van der Waals surface area contributed by atoms with E-state index in [9.17, 15) is 9.59 Å². The third-order valence-corrected chi connectivity index (χ3v) is 3.33. The summed E-state index contributed by atoms with van der Waals surface area (Å²) in [5, 5.41) is 0. The van der Waals surface area contributed by atoms with Crippen LogP contribution in [0.5, 0.6) is 0 Å². The van der Waals surface area contributed by atoms with Crippen molar-refractivity contribution < 1.29 is 9.59 Å². The Morgan fingerprint density at radius 2 is 1.40 bits per heavy atom. The number of hydrogen-bond donors (Lipinski definition) is 0. The highest BCUT2D eigenvalue weighted by atomic mass is 16.2. The monoisotopic (exact) mass is 263 g/mol. The second-order valence-corrected chi connectivity index (χ2v) is 4.72. The molecule has 1 aliphatic heterocycles. The molecule has 20 heavy (non-hydrogen) atoms. The van der Waals surface area contributed by atoms with Crippen molar-refractivity contribution in [1.82, 2.24) is 0 Å². The quantitative estimate of drug-likeness (QED) is 0.780.